The van der Waals surface area contributed by atoms with Crippen molar-refractivity contribution >= 4 is 11.9 Å². The number of ether oxygens (including phenoxy) is 1. The van der Waals surface area contributed by atoms with Crippen molar-refractivity contribution in [2.24, 2.45) is 52.3 Å². The van der Waals surface area contributed by atoms with Gasteiger partial charge in [-0.25, -0.2) is 0 Å². The first-order valence-electron chi connectivity index (χ1n) is 18.3. The zero-order valence-corrected chi connectivity index (χ0v) is 28.6. The van der Waals surface area contributed by atoms with E-state index in [0.717, 1.165) is 59.2 Å². The predicted octanol–water partition coefficient (Wildman–Crippen LogP) is 11.2. The Balaban J connectivity index is 1.03. The van der Waals surface area contributed by atoms with Gasteiger partial charge in [-0.2, -0.15) is 0 Å². The molecule has 1 N–H and O–H groups in total. The Bertz CT molecular complexity index is 1320. The molecule has 0 aliphatic heterocycles. The van der Waals surface area contributed by atoms with E-state index in [1.54, 1.807) is 30.3 Å². The van der Waals surface area contributed by atoms with Gasteiger partial charge in [-0.1, -0.05) is 72.1 Å². The van der Waals surface area contributed by atoms with E-state index in [-0.39, 0.29) is 11.5 Å². The monoisotopic (exact) mass is 610 g/mol. The number of phenols is 1. The molecule has 2 aromatic rings. The summed E-state index contributed by atoms with van der Waals surface area (Å²) in [5.74, 6) is 7.26. The number of benzene rings is 2. The molecule has 0 heterocycles. The molecule has 4 aliphatic carbocycles. The lowest BCUT2D eigenvalue weighted by Gasteiger charge is -2.61. The lowest BCUT2D eigenvalue weighted by atomic mass is 9.44. The summed E-state index contributed by atoms with van der Waals surface area (Å²) in [4.78, 5) is 12.5. The Hall–Kier alpha value is -2.55. The van der Waals surface area contributed by atoms with Gasteiger partial charge >= 0.3 is 0 Å². The fraction of sp³-hybridized carbons (Fsp3) is 0.643. The van der Waals surface area contributed by atoms with Crippen molar-refractivity contribution in [2.45, 2.75) is 118 Å². The van der Waals surface area contributed by atoms with Gasteiger partial charge in [0, 0.05) is 5.56 Å². The quantitative estimate of drug-likeness (QED) is 0.215. The summed E-state index contributed by atoms with van der Waals surface area (Å²) in [6.07, 6.45) is 20.3. The van der Waals surface area contributed by atoms with Crippen LogP contribution in [0.15, 0.2) is 54.6 Å². The van der Waals surface area contributed by atoms with Gasteiger partial charge in [-0.05, 0) is 158 Å². The fourth-order valence-corrected chi connectivity index (χ4v) is 11.1. The second-order valence-electron chi connectivity index (χ2n) is 16.5. The standard InChI is InChI=1S/C42H58O3/c1-28(2)7-6-8-29(3)37-20-21-38-36-19-14-32-27-35(23-25-41(32,4)39(36)24-26-42(37,38)5)45-34-17-9-30(10-18-34)11-22-40(44)31-12-15-33(43)16-13-31/h9-13,15-18,22,28-29,32,35-39,43H,6-8,14,19-21,23-27H2,1-5H3/b22-11+/t29-,32?,35?,36+,37-,38+,39+,41+,42-/m1/s1. The van der Waals surface area contributed by atoms with Crippen LogP contribution in [0, 0.1) is 52.3 Å². The summed E-state index contributed by atoms with van der Waals surface area (Å²) in [5, 5.41) is 9.46. The first-order valence-corrected chi connectivity index (χ1v) is 18.3. The summed E-state index contributed by atoms with van der Waals surface area (Å²) in [6, 6.07) is 14.5. The van der Waals surface area contributed by atoms with E-state index in [9.17, 15) is 9.90 Å². The molecule has 4 fully saturated rings. The van der Waals surface area contributed by atoms with E-state index in [1.807, 2.05) is 18.2 Å². The molecule has 0 amide bonds. The fourth-order valence-electron chi connectivity index (χ4n) is 11.1. The zero-order chi connectivity index (χ0) is 31.8. The first-order chi connectivity index (χ1) is 21.6. The van der Waals surface area contributed by atoms with E-state index in [1.165, 1.54) is 70.6 Å². The lowest BCUT2D eigenvalue weighted by molar-refractivity contribution is -0.126. The summed E-state index contributed by atoms with van der Waals surface area (Å²) in [5.41, 5.74) is 2.60. The highest BCUT2D eigenvalue weighted by Crippen LogP contribution is 2.68. The number of hydrogen-bond donors (Lipinski definition) is 1. The lowest BCUT2D eigenvalue weighted by Crippen LogP contribution is -2.54. The van der Waals surface area contributed by atoms with Crippen molar-refractivity contribution < 1.29 is 14.6 Å². The molecule has 2 unspecified atom stereocenters. The van der Waals surface area contributed by atoms with Crippen molar-refractivity contribution in [1.29, 1.82) is 0 Å². The average Bonchev–Trinajstić information content (AvgIpc) is 3.38. The van der Waals surface area contributed by atoms with Crippen LogP contribution in [0.3, 0.4) is 0 Å². The maximum Gasteiger partial charge on any atom is 0.185 e. The Kier molecular flexibility index (Phi) is 9.56. The Morgan fingerprint density at radius 1 is 0.867 bits per heavy atom. The largest absolute Gasteiger partial charge is 0.508 e. The van der Waals surface area contributed by atoms with Gasteiger partial charge in [0.15, 0.2) is 5.78 Å². The third kappa shape index (κ3) is 6.66. The molecule has 4 aliphatic rings. The Labute approximate surface area is 273 Å². The number of hydrogen-bond acceptors (Lipinski definition) is 3. The maximum absolute atomic E-state index is 12.5. The molecule has 244 valence electrons. The van der Waals surface area contributed by atoms with E-state index >= 15 is 0 Å². The predicted molar refractivity (Wildman–Crippen MR) is 185 cm³/mol. The van der Waals surface area contributed by atoms with Crippen LogP contribution in [0.1, 0.15) is 128 Å². The van der Waals surface area contributed by atoms with Crippen LogP contribution in [-0.2, 0) is 0 Å². The second kappa shape index (κ2) is 13.3. The van der Waals surface area contributed by atoms with Crippen LogP contribution in [-0.4, -0.2) is 17.0 Å². The molecule has 0 aromatic heterocycles. The molecule has 9 atom stereocenters. The topological polar surface area (TPSA) is 46.5 Å². The normalized spacial score (nSPS) is 35.1. The van der Waals surface area contributed by atoms with E-state index in [4.69, 9.17) is 4.74 Å². The molecule has 2 aromatic carbocycles. The highest BCUT2D eigenvalue weighted by Gasteiger charge is 2.60. The number of rotatable bonds is 10. The molecule has 6 rings (SSSR count). The first kappa shape index (κ1) is 32.4. The van der Waals surface area contributed by atoms with Crippen LogP contribution >= 0.6 is 0 Å². The molecular formula is C42H58O3. The number of allylic oxidation sites excluding steroid dienone is 1. The van der Waals surface area contributed by atoms with E-state index < -0.39 is 0 Å². The number of carbonyl (C=O) groups excluding carboxylic acids is 1. The smallest absolute Gasteiger partial charge is 0.185 e. The zero-order valence-electron chi connectivity index (χ0n) is 28.6. The number of carbonyl (C=O) groups is 1. The molecule has 0 radical (unpaired) electrons. The molecular weight excluding hydrogens is 552 g/mol. The van der Waals surface area contributed by atoms with Crippen LogP contribution in [0.2, 0.25) is 0 Å². The Morgan fingerprint density at radius 2 is 1.58 bits per heavy atom. The molecule has 0 saturated heterocycles. The number of ketones is 1. The van der Waals surface area contributed by atoms with E-state index in [2.05, 4.69) is 46.8 Å². The minimum Gasteiger partial charge on any atom is -0.508 e. The summed E-state index contributed by atoms with van der Waals surface area (Å²) < 4.78 is 6.60. The van der Waals surface area contributed by atoms with Crippen molar-refractivity contribution in [2.75, 3.05) is 0 Å². The third-order valence-electron chi connectivity index (χ3n) is 13.6. The highest BCUT2D eigenvalue weighted by molar-refractivity contribution is 6.06. The molecule has 0 bridgehead atoms. The van der Waals surface area contributed by atoms with Gasteiger partial charge in [0.2, 0.25) is 0 Å². The van der Waals surface area contributed by atoms with E-state index in [0.29, 0.717) is 22.5 Å². The third-order valence-corrected chi connectivity index (χ3v) is 13.6. The summed E-state index contributed by atoms with van der Waals surface area (Å²) in [6.45, 7) is 12.7. The van der Waals surface area contributed by atoms with Gasteiger partial charge in [0.25, 0.3) is 0 Å². The number of fused-ring (bicyclic) bond motifs is 5. The van der Waals surface area contributed by atoms with Gasteiger partial charge in [0.05, 0.1) is 6.10 Å². The van der Waals surface area contributed by atoms with Crippen molar-refractivity contribution in [1.82, 2.24) is 0 Å². The summed E-state index contributed by atoms with van der Waals surface area (Å²) >= 11 is 0. The highest BCUT2D eigenvalue weighted by atomic mass is 16.5. The molecule has 4 saturated carbocycles. The van der Waals surface area contributed by atoms with Gasteiger partial charge < -0.3 is 9.84 Å². The van der Waals surface area contributed by atoms with Gasteiger partial charge in [-0.3, -0.25) is 4.79 Å². The van der Waals surface area contributed by atoms with Crippen LogP contribution in [0.25, 0.3) is 6.08 Å². The number of phenolic OH excluding ortho intramolecular Hbond substituents is 1. The van der Waals surface area contributed by atoms with Crippen molar-refractivity contribution in [3.8, 4) is 11.5 Å². The molecule has 3 heteroatoms. The van der Waals surface area contributed by atoms with Crippen LogP contribution in [0.4, 0.5) is 0 Å². The minimum atomic E-state index is -0.0719. The van der Waals surface area contributed by atoms with Crippen molar-refractivity contribution in [3.05, 3.63) is 65.7 Å². The molecule has 45 heavy (non-hydrogen) atoms. The summed E-state index contributed by atoms with van der Waals surface area (Å²) in [7, 11) is 0. The average molecular weight is 611 g/mol. The minimum absolute atomic E-state index is 0.0719. The van der Waals surface area contributed by atoms with Crippen molar-refractivity contribution in [3.63, 3.8) is 0 Å². The SMILES string of the molecule is CC(C)CCC[C@@H](C)[C@H]1CC[C@H]2[C@@H]3CCC4CC(Oc5ccc(/C=C/C(=O)c6ccc(O)cc6)cc5)CC[C@]4(C)[C@H]3CC[C@]12C. The van der Waals surface area contributed by atoms with Crippen LogP contribution < -0.4 is 4.74 Å². The Morgan fingerprint density at radius 3 is 2.31 bits per heavy atom. The molecule has 0 spiro atoms. The molecule has 3 nitrogen and oxygen atoms in total. The number of aromatic hydroxyl groups is 1. The van der Waals surface area contributed by atoms with Gasteiger partial charge in [0.1, 0.15) is 11.5 Å². The van der Waals surface area contributed by atoms with Gasteiger partial charge in [-0.15, -0.1) is 0 Å². The van der Waals surface area contributed by atoms with Crippen LogP contribution in [0.5, 0.6) is 11.5 Å². The maximum atomic E-state index is 12.5. The second-order valence-corrected chi connectivity index (χ2v) is 16.5.